The number of aromatic nitrogens is 1. The number of hydrogen-bond donors (Lipinski definition) is 0. The Morgan fingerprint density at radius 1 is 1.22 bits per heavy atom. The molecule has 1 saturated heterocycles. The van der Waals surface area contributed by atoms with Gasteiger partial charge in [0.25, 0.3) is 0 Å². The van der Waals surface area contributed by atoms with Crippen LogP contribution in [0.5, 0.6) is 0 Å². The molecule has 94 valence electrons. The summed E-state index contributed by atoms with van der Waals surface area (Å²) in [5.41, 5.74) is 2.30. The number of halogens is 1. The van der Waals surface area contributed by atoms with Crippen molar-refractivity contribution in [2.45, 2.75) is 5.33 Å². The summed E-state index contributed by atoms with van der Waals surface area (Å²) in [4.78, 5) is 7.12. The van der Waals surface area contributed by atoms with E-state index < -0.39 is 0 Å². The van der Waals surface area contributed by atoms with Crippen LogP contribution in [0.4, 0.5) is 5.82 Å². The number of alkyl halides is 1. The Hall–Kier alpha value is -1.13. The van der Waals surface area contributed by atoms with Crippen molar-refractivity contribution in [1.29, 1.82) is 0 Å². The smallest absolute Gasteiger partial charge is 0.133 e. The van der Waals surface area contributed by atoms with Gasteiger partial charge < -0.3 is 9.64 Å². The van der Waals surface area contributed by atoms with Gasteiger partial charge in [0.15, 0.2) is 0 Å². The van der Waals surface area contributed by atoms with Crippen molar-refractivity contribution in [2.75, 3.05) is 31.2 Å². The molecular weight excluding hydrogens is 292 g/mol. The molecule has 0 radical (unpaired) electrons. The van der Waals surface area contributed by atoms with E-state index in [9.17, 15) is 0 Å². The highest BCUT2D eigenvalue weighted by atomic mass is 79.9. The highest BCUT2D eigenvalue weighted by molar-refractivity contribution is 9.08. The van der Waals surface area contributed by atoms with Gasteiger partial charge in [-0.3, -0.25) is 0 Å². The number of benzene rings is 1. The summed E-state index contributed by atoms with van der Waals surface area (Å²) in [7, 11) is 0. The Kier molecular flexibility index (Phi) is 3.48. The monoisotopic (exact) mass is 306 g/mol. The van der Waals surface area contributed by atoms with E-state index in [-0.39, 0.29) is 0 Å². The topological polar surface area (TPSA) is 25.4 Å². The summed E-state index contributed by atoms with van der Waals surface area (Å²) in [5.74, 6) is 1.09. The van der Waals surface area contributed by atoms with E-state index >= 15 is 0 Å². The molecule has 0 saturated carbocycles. The van der Waals surface area contributed by atoms with Crippen LogP contribution in [0.25, 0.3) is 10.9 Å². The average Bonchev–Trinajstić information content (AvgIpc) is 2.46. The molecule has 1 aliphatic heterocycles. The van der Waals surface area contributed by atoms with E-state index in [0.717, 1.165) is 43.0 Å². The fourth-order valence-corrected chi connectivity index (χ4v) is 2.71. The lowest BCUT2D eigenvalue weighted by molar-refractivity contribution is 0.122. The van der Waals surface area contributed by atoms with Crippen LogP contribution in [-0.4, -0.2) is 31.3 Å². The predicted molar refractivity (Wildman–Crippen MR) is 77.4 cm³/mol. The third-order valence-electron chi connectivity index (χ3n) is 3.23. The zero-order valence-corrected chi connectivity index (χ0v) is 11.7. The first kappa shape index (κ1) is 11.9. The van der Waals surface area contributed by atoms with Crippen LogP contribution in [-0.2, 0) is 10.1 Å². The first-order valence-corrected chi connectivity index (χ1v) is 7.28. The van der Waals surface area contributed by atoms with E-state index in [4.69, 9.17) is 9.72 Å². The van der Waals surface area contributed by atoms with Crippen molar-refractivity contribution >= 4 is 32.7 Å². The minimum atomic E-state index is 0.788. The number of fused-ring (bicyclic) bond motifs is 1. The molecule has 3 nitrogen and oxygen atoms in total. The maximum absolute atomic E-state index is 5.40. The number of rotatable bonds is 2. The SMILES string of the molecule is BrCc1cc2ccccc2nc1N1CCOCC1. The third kappa shape index (κ3) is 2.22. The third-order valence-corrected chi connectivity index (χ3v) is 3.84. The maximum atomic E-state index is 5.40. The van der Waals surface area contributed by atoms with Crippen molar-refractivity contribution in [3.8, 4) is 0 Å². The number of nitrogens with zero attached hydrogens (tertiary/aromatic N) is 2. The summed E-state index contributed by atoms with van der Waals surface area (Å²) >= 11 is 3.56. The molecule has 0 atom stereocenters. The first-order chi connectivity index (χ1) is 8.88. The Bertz CT molecular complexity index is 552. The second-order valence-corrected chi connectivity index (χ2v) is 4.96. The number of para-hydroxylation sites is 1. The van der Waals surface area contributed by atoms with E-state index in [0.29, 0.717) is 0 Å². The van der Waals surface area contributed by atoms with Gasteiger partial charge in [0, 0.05) is 29.4 Å². The molecular formula is C14H15BrN2O. The van der Waals surface area contributed by atoms with E-state index in [2.05, 4.69) is 45.1 Å². The average molecular weight is 307 g/mol. The lowest BCUT2D eigenvalue weighted by atomic mass is 10.1. The Morgan fingerprint density at radius 2 is 2.00 bits per heavy atom. The molecule has 0 unspecified atom stereocenters. The molecule has 1 aromatic heterocycles. The summed E-state index contributed by atoms with van der Waals surface area (Å²) in [5, 5.41) is 2.03. The van der Waals surface area contributed by atoms with Gasteiger partial charge in [-0.2, -0.15) is 0 Å². The van der Waals surface area contributed by atoms with Gasteiger partial charge in [-0.1, -0.05) is 34.1 Å². The molecule has 0 aliphatic carbocycles. The highest BCUT2D eigenvalue weighted by Crippen LogP contribution is 2.26. The molecule has 2 heterocycles. The molecule has 1 aliphatic rings. The van der Waals surface area contributed by atoms with Crippen LogP contribution in [0.3, 0.4) is 0 Å². The van der Waals surface area contributed by atoms with Gasteiger partial charge in [0.1, 0.15) is 5.82 Å². The number of hydrogen-bond acceptors (Lipinski definition) is 3. The van der Waals surface area contributed by atoms with Crippen molar-refractivity contribution < 1.29 is 4.74 Å². The van der Waals surface area contributed by atoms with Crippen LogP contribution in [0.1, 0.15) is 5.56 Å². The van der Waals surface area contributed by atoms with Crippen molar-refractivity contribution in [3.63, 3.8) is 0 Å². The Balaban J connectivity index is 2.08. The molecule has 4 heteroatoms. The quantitative estimate of drug-likeness (QED) is 0.798. The van der Waals surface area contributed by atoms with Crippen molar-refractivity contribution in [3.05, 3.63) is 35.9 Å². The second-order valence-electron chi connectivity index (χ2n) is 4.40. The zero-order chi connectivity index (χ0) is 12.4. The van der Waals surface area contributed by atoms with Gasteiger partial charge in [-0.05, 0) is 12.1 Å². The van der Waals surface area contributed by atoms with E-state index in [1.165, 1.54) is 10.9 Å². The highest BCUT2D eigenvalue weighted by Gasteiger charge is 2.16. The number of morpholine rings is 1. The zero-order valence-electron chi connectivity index (χ0n) is 10.1. The van der Waals surface area contributed by atoms with Crippen LogP contribution < -0.4 is 4.90 Å². The van der Waals surface area contributed by atoms with E-state index in [1.807, 2.05) is 6.07 Å². The van der Waals surface area contributed by atoms with Crippen molar-refractivity contribution in [1.82, 2.24) is 4.98 Å². The normalized spacial score (nSPS) is 16.2. The van der Waals surface area contributed by atoms with Gasteiger partial charge in [0.2, 0.25) is 0 Å². The molecule has 1 aromatic carbocycles. The van der Waals surface area contributed by atoms with Crippen LogP contribution >= 0.6 is 15.9 Å². The summed E-state index contributed by atoms with van der Waals surface area (Å²) in [6.07, 6.45) is 0. The van der Waals surface area contributed by atoms with Crippen molar-refractivity contribution in [2.24, 2.45) is 0 Å². The summed E-state index contributed by atoms with van der Waals surface area (Å²) < 4.78 is 5.40. The van der Waals surface area contributed by atoms with Crippen LogP contribution in [0.2, 0.25) is 0 Å². The Morgan fingerprint density at radius 3 is 2.78 bits per heavy atom. The molecule has 18 heavy (non-hydrogen) atoms. The summed E-state index contributed by atoms with van der Waals surface area (Å²) in [6.45, 7) is 3.42. The van der Waals surface area contributed by atoms with Gasteiger partial charge >= 0.3 is 0 Å². The second kappa shape index (κ2) is 5.24. The lowest BCUT2D eigenvalue weighted by Crippen LogP contribution is -2.37. The van der Waals surface area contributed by atoms with Crippen LogP contribution in [0, 0.1) is 0 Å². The van der Waals surface area contributed by atoms with Gasteiger partial charge in [0.05, 0.1) is 18.7 Å². The summed E-state index contributed by atoms with van der Waals surface area (Å²) in [6, 6.07) is 10.5. The fraction of sp³-hybridized carbons (Fsp3) is 0.357. The van der Waals surface area contributed by atoms with E-state index in [1.54, 1.807) is 0 Å². The molecule has 3 rings (SSSR count). The minimum Gasteiger partial charge on any atom is -0.378 e. The standard InChI is InChI=1S/C14H15BrN2O/c15-10-12-9-11-3-1-2-4-13(11)16-14(12)17-5-7-18-8-6-17/h1-4,9H,5-8,10H2. The predicted octanol–water partition coefficient (Wildman–Crippen LogP) is 2.97. The maximum Gasteiger partial charge on any atom is 0.133 e. The first-order valence-electron chi connectivity index (χ1n) is 6.16. The molecule has 2 aromatic rings. The number of ether oxygens (including phenoxy) is 1. The molecule has 0 N–H and O–H groups in total. The molecule has 1 fully saturated rings. The molecule has 0 spiro atoms. The van der Waals surface area contributed by atoms with Crippen LogP contribution in [0.15, 0.2) is 30.3 Å². The molecule has 0 amide bonds. The lowest BCUT2D eigenvalue weighted by Gasteiger charge is -2.29. The Labute approximate surface area is 115 Å². The van der Waals surface area contributed by atoms with Gasteiger partial charge in [-0.15, -0.1) is 0 Å². The van der Waals surface area contributed by atoms with Gasteiger partial charge in [-0.25, -0.2) is 4.98 Å². The number of pyridine rings is 1. The molecule has 0 bridgehead atoms. The largest absolute Gasteiger partial charge is 0.378 e. The fourth-order valence-electron chi connectivity index (χ4n) is 2.30. The minimum absolute atomic E-state index is 0.788. The number of anilines is 1.